The van der Waals surface area contributed by atoms with Crippen molar-refractivity contribution in [2.75, 3.05) is 13.7 Å². The fraction of sp³-hybridized carbons (Fsp3) is 0.389. The number of aromatic nitrogens is 2. The van der Waals surface area contributed by atoms with Gasteiger partial charge in [-0.05, 0) is 49.8 Å². The van der Waals surface area contributed by atoms with Crippen LogP contribution >= 0.6 is 12.2 Å². The zero-order chi connectivity index (χ0) is 17.8. The van der Waals surface area contributed by atoms with Gasteiger partial charge < -0.3 is 19.9 Å². The molecule has 1 aliphatic rings. The second kappa shape index (κ2) is 7.65. The topological polar surface area (TPSA) is 70.2 Å². The highest BCUT2D eigenvalue weighted by molar-refractivity contribution is 7.80. The molecule has 6 nitrogen and oxygen atoms in total. The molecule has 2 atom stereocenters. The Morgan fingerprint density at radius 1 is 1.36 bits per heavy atom. The number of methoxy groups -OCH3 is 1. The van der Waals surface area contributed by atoms with E-state index in [9.17, 15) is 4.79 Å². The average Bonchev–Trinajstić information content (AvgIpc) is 3.19. The van der Waals surface area contributed by atoms with E-state index < -0.39 is 0 Å². The summed E-state index contributed by atoms with van der Waals surface area (Å²) in [6, 6.07) is 9.99. The molecule has 3 rings (SSSR count). The molecule has 2 aromatic rings. The smallest absolute Gasteiger partial charge is 0.305 e. The molecule has 2 N–H and O–H groups in total. The number of carbonyl (C=O) groups excluding carboxylic acids is 1. The molecule has 132 valence electrons. The minimum Gasteiger partial charge on any atom is -0.469 e. The Bertz CT molecular complexity index is 747. The van der Waals surface area contributed by atoms with E-state index in [-0.39, 0.29) is 18.1 Å². The third-order valence-corrected chi connectivity index (χ3v) is 4.73. The quantitative estimate of drug-likeness (QED) is 0.611. The highest BCUT2D eigenvalue weighted by Crippen LogP contribution is 2.38. The summed E-state index contributed by atoms with van der Waals surface area (Å²) in [5.74, 6) is -0.202. The van der Waals surface area contributed by atoms with E-state index in [1.807, 2.05) is 25.1 Å². The number of aromatic amines is 1. The van der Waals surface area contributed by atoms with Crippen LogP contribution in [0.1, 0.15) is 42.0 Å². The first kappa shape index (κ1) is 17.4. The molecule has 1 aliphatic heterocycles. The largest absolute Gasteiger partial charge is 0.469 e. The van der Waals surface area contributed by atoms with E-state index in [0.717, 1.165) is 17.1 Å². The zero-order valence-corrected chi connectivity index (χ0v) is 15.2. The van der Waals surface area contributed by atoms with Crippen LogP contribution in [0.4, 0.5) is 0 Å². The maximum atomic E-state index is 11.4. The zero-order valence-electron chi connectivity index (χ0n) is 14.4. The van der Waals surface area contributed by atoms with E-state index in [0.29, 0.717) is 24.5 Å². The Labute approximate surface area is 152 Å². The second-order valence-corrected chi connectivity index (χ2v) is 6.48. The molecule has 1 fully saturated rings. The van der Waals surface area contributed by atoms with Crippen LogP contribution in [0.25, 0.3) is 0 Å². The molecule has 0 saturated carbocycles. The summed E-state index contributed by atoms with van der Waals surface area (Å²) >= 11 is 5.57. The molecule has 0 aromatic carbocycles. The predicted octanol–water partition coefficient (Wildman–Crippen LogP) is 2.64. The van der Waals surface area contributed by atoms with Crippen molar-refractivity contribution in [1.82, 2.24) is 20.2 Å². The Morgan fingerprint density at radius 3 is 2.84 bits per heavy atom. The van der Waals surface area contributed by atoms with Gasteiger partial charge in [0.1, 0.15) is 0 Å². The Balaban J connectivity index is 1.85. The van der Waals surface area contributed by atoms with Gasteiger partial charge in [0.15, 0.2) is 5.11 Å². The molecule has 0 aliphatic carbocycles. The molecule has 1 saturated heterocycles. The number of pyridine rings is 1. The lowest BCUT2D eigenvalue weighted by Gasteiger charge is -2.26. The molecule has 25 heavy (non-hydrogen) atoms. The van der Waals surface area contributed by atoms with Gasteiger partial charge in [-0.15, -0.1) is 0 Å². The van der Waals surface area contributed by atoms with Crippen molar-refractivity contribution in [3.63, 3.8) is 0 Å². The predicted molar refractivity (Wildman–Crippen MR) is 98.9 cm³/mol. The molecule has 0 amide bonds. The fourth-order valence-electron chi connectivity index (χ4n) is 3.18. The van der Waals surface area contributed by atoms with Crippen molar-refractivity contribution < 1.29 is 9.53 Å². The maximum Gasteiger partial charge on any atom is 0.305 e. The molecule has 0 bridgehead atoms. The molecule has 0 unspecified atom stereocenters. The standard InChI is InChI=1S/C18H22N4O2S/c1-12-8-9-14(20-12)17-16(13-6-3-4-10-19-13)21-18(25)22(17)11-5-7-15(23)24-2/h3-4,6,8-10,16-17,20H,5,7,11H2,1-2H3,(H,21,25)/t16-,17+/m0/s1. The van der Waals surface area contributed by atoms with Crippen LogP contribution in [0.5, 0.6) is 0 Å². The van der Waals surface area contributed by atoms with Gasteiger partial charge in [0.25, 0.3) is 0 Å². The third kappa shape index (κ3) is 3.82. The minimum atomic E-state index is -0.202. The van der Waals surface area contributed by atoms with Gasteiger partial charge in [-0.1, -0.05) is 6.07 Å². The summed E-state index contributed by atoms with van der Waals surface area (Å²) in [6.07, 6.45) is 2.84. The molecular formula is C18H22N4O2S. The van der Waals surface area contributed by atoms with E-state index >= 15 is 0 Å². The Morgan fingerprint density at radius 2 is 2.20 bits per heavy atom. The second-order valence-electron chi connectivity index (χ2n) is 6.10. The molecule has 2 aromatic heterocycles. The van der Waals surface area contributed by atoms with Crippen molar-refractivity contribution in [2.45, 2.75) is 31.8 Å². The molecule has 0 spiro atoms. The maximum absolute atomic E-state index is 11.4. The van der Waals surface area contributed by atoms with Crippen LogP contribution in [0.3, 0.4) is 0 Å². The fourth-order valence-corrected chi connectivity index (χ4v) is 3.51. The number of aryl methyl sites for hydroxylation is 1. The number of esters is 1. The van der Waals surface area contributed by atoms with Crippen LogP contribution in [0.15, 0.2) is 36.5 Å². The molecular weight excluding hydrogens is 336 g/mol. The van der Waals surface area contributed by atoms with Crippen molar-refractivity contribution >= 4 is 23.3 Å². The van der Waals surface area contributed by atoms with Crippen molar-refractivity contribution in [3.8, 4) is 0 Å². The summed E-state index contributed by atoms with van der Waals surface area (Å²) < 4.78 is 4.72. The van der Waals surface area contributed by atoms with Crippen LogP contribution in [0, 0.1) is 6.92 Å². The van der Waals surface area contributed by atoms with Crippen molar-refractivity contribution in [2.24, 2.45) is 0 Å². The number of hydrogen-bond donors (Lipinski definition) is 2. The molecule has 7 heteroatoms. The lowest BCUT2D eigenvalue weighted by Crippen LogP contribution is -2.31. The summed E-state index contributed by atoms with van der Waals surface area (Å²) in [6.45, 7) is 2.70. The van der Waals surface area contributed by atoms with Gasteiger partial charge in [-0.3, -0.25) is 9.78 Å². The minimum absolute atomic E-state index is 0.00810. The van der Waals surface area contributed by atoms with Gasteiger partial charge >= 0.3 is 5.97 Å². The number of nitrogens with zero attached hydrogens (tertiary/aromatic N) is 2. The number of thiocarbonyl (C=S) groups is 1. The monoisotopic (exact) mass is 358 g/mol. The Kier molecular flexibility index (Phi) is 5.33. The van der Waals surface area contributed by atoms with Crippen molar-refractivity contribution in [1.29, 1.82) is 0 Å². The lowest BCUT2D eigenvalue weighted by atomic mass is 10.0. The van der Waals surface area contributed by atoms with E-state index in [2.05, 4.69) is 32.3 Å². The van der Waals surface area contributed by atoms with Gasteiger partial charge in [-0.2, -0.15) is 0 Å². The van der Waals surface area contributed by atoms with E-state index in [4.69, 9.17) is 17.0 Å². The van der Waals surface area contributed by atoms with Crippen LogP contribution in [-0.4, -0.2) is 39.6 Å². The molecule has 0 radical (unpaired) electrons. The summed E-state index contributed by atoms with van der Waals surface area (Å²) in [5.41, 5.74) is 3.12. The molecule has 3 heterocycles. The summed E-state index contributed by atoms with van der Waals surface area (Å²) in [5, 5.41) is 4.07. The van der Waals surface area contributed by atoms with Crippen LogP contribution < -0.4 is 5.32 Å². The Hall–Kier alpha value is -2.41. The number of carbonyl (C=O) groups is 1. The van der Waals surface area contributed by atoms with Crippen LogP contribution in [-0.2, 0) is 9.53 Å². The number of ether oxygens (including phenoxy) is 1. The van der Waals surface area contributed by atoms with Gasteiger partial charge in [0.05, 0.1) is 24.9 Å². The van der Waals surface area contributed by atoms with Gasteiger partial charge in [0, 0.05) is 30.6 Å². The first-order valence-electron chi connectivity index (χ1n) is 8.30. The van der Waals surface area contributed by atoms with Crippen LogP contribution in [0.2, 0.25) is 0 Å². The lowest BCUT2D eigenvalue weighted by molar-refractivity contribution is -0.140. The first-order chi connectivity index (χ1) is 12.1. The normalized spacial score (nSPS) is 19.8. The SMILES string of the molecule is COC(=O)CCCN1C(=S)N[C@@H](c2ccccn2)[C@H]1c1ccc(C)[nH]1. The van der Waals surface area contributed by atoms with E-state index in [1.165, 1.54) is 7.11 Å². The average molecular weight is 358 g/mol. The van der Waals surface area contributed by atoms with Crippen molar-refractivity contribution in [3.05, 3.63) is 53.6 Å². The van der Waals surface area contributed by atoms with Gasteiger partial charge in [-0.25, -0.2) is 0 Å². The first-order valence-corrected chi connectivity index (χ1v) is 8.71. The highest BCUT2D eigenvalue weighted by atomic mass is 32.1. The number of nitrogens with one attached hydrogen (secondary N) is 2. The number of hydrogen-bond acceptors (Lipinski definition) is 4. The highest BCUT2D eigenvalue weighted by Gasteiger charge is 2.40. The number of rotatable bonds is 6. The summed E-state index contributed by atoms with van der Waals surface area (Å²) in [4.78, 5) is 21.4. The van der Waals surface area contributed by atoms with E-state index in [1.54, 1.807) is 6.20 Å². The van der Waals surface area contributed by atoms with Gasteiger partial charge in [0.2, 0.25) is 0 Å². The summed E-state index contributed by atoms with van der Waals surface area (Å²) in [7, 11) is 1.41. The third-order valence-electron chi connectivity index (χ3n) is 4.38. The number of H-pyrrole nitrogens is 1.